The third-order valence-electron chi connectivity index (χ3n) is 2.32. The SMILES string of the molecule is CN[C@@H]1[C@H](C)O[C@@H](OC)C[C@@H]1O. The molecule has 0 aromatic carbocycles. The first kappa shape index (κ1) is 9.92. The Morgan fingerprint density at radius 3 is 2.67 bits per heavy atom. The Hall–Kier alpha value is -0.160. The van der Waals surface area contributed by atoms with Gasteiger partial charge >= 0.3 is 0 Å². The van der Waals surface area contributed by atoms with Crippen LogP contribution in [-0.2, 0) is 9.47 Å². The molecule has 4 heteroatoms. The molecular weight excluding hydrogens is 158 g/mol. The number of nitrogens with one attached hydrogen (secondary N) is 1. The van der Waals surface area contributed by atoms with E-state index in [0.29, 0.717) is 6.42 Å². The Morgan fingerprint density at radius 1 is 1.58 bits per heavy atom. The lowest BCUT2D eigenvalue weighted by Crippen LogP contribution is -2.53. The van der Waals surface area contributed by atoms with Crippen LogP contribution in [0.25, 0.3) is 0 Å². The van der Waals surface area contributed by atoms with Gasteiger partial charge in [-0.2, -0.15) is 0 Å². The molecule has 0 saturated carbocycles. The van der Waals surface area contributed by atoms with E-state index in [4.69, 9.17) is 9.47 Å². The zero-order chi connectivity index (χ0) is 9.14. The maximum absolute atomic E-state index is 9.62. The van der Waals surface area contributed by atoms with Gasteiger partial charge in [-0.1, -0.05) is 0 Å². The van der Waals surface area contributed by atoms with Crippen molar-refractivity contribution in [2.24, 2.45) is 0 Å². The Balaban J connectivity index is 2.51. The summed E-state index contributed by atoms with van der Waals surface area (Å²) in [4.78, 5) is 0. The van der Waals surface area contributed by atoms with E-state index < -0.39 is 0 Å². The lowest BCUT2D eigenvalue weighted by molar-refractivity contribution is -0.209. The highest BCUT2D eigenvalue weighted by molar-refractivity contribution is 4.85. The first-order chi connectivity index (χ1) is 5.69. The molecule has 1 heterocycles. The number of aliphatic hydroxyl groups excluding tert-OH is 1. The molecule has 0 bridgehead atoms. The fourth-order valence-electron chi connectivity index (χ4n) is 1.62. The van der Waals surface area contributed by atoms with Gasteiger partial charge in [-0.3, -0.25) is 0 Å². The highest BCUT2D eigenvalue weighted by Crippen LogP contribution is 2.19. The van der Waals surface area contributed by atoms with Crippen molar-refractivity contribution in [2.75, 3.05) is 14.2 Å². The molecule has 0 unspecified atom stereocenters. The van der Waals surface area contributed by atoms with E-state index in [1.54, 1.807) is 7.11 Å². The van der Waals surface area contributed by atoms with Crippen molar-refractivity contribution in [3.8, 4) is 0 Å². The lowest BCUT2D eigenvalue weighted by atomic mass is 10.00. The molecule has 1 rings (SSSR count). The fraction of sp³-hybridized carbons (Fsp3) is 1.00. The van der Waals surface area contributed by atoms with Crippen LogP contribution in [0.15, 0.2) is 0 Å². The summed E-state index contributed by atoms with van der Waals surface area (Å²) in [5.41, 5.74) is 0. The molecule has 0 spiro atoms. The summed E-state index contributed by atoms with van der Waals surface area (Å²) >= 11 is 0. The quantitative estimate of drug-likeness (QED) is 0.606. The Kier molecular flexibility index (Phi) is 3.46. The zero-order valence-corrected chi connectivity index (χ0v) is 7.78. The minimum atomic E-state index is -0.385. The van der Waals surface area contributed by atoms with Crippen molar-refractivity contribution in [3.63, 3.8) is 0 Å². The van der Waals surface area contributed by atoms with Gasteiger partial charge in [0.25, 0.3) is 0 Å². The molecule has 0 aliphatic carbocycles. The van der Waals surface area contributed by atoms with Crippen molar-refractivity contribution >= 4 is 0 Å². The second kappa shape index (κ2) is 4.18. The van der Waals surface area contributed by atoms with Gasteiger partial charge in [-0.25, -0.2) is 0 Å². The summed E-state index contributed by atoms with van der Waals surface area (Å²) in [5, 5.41) is 12.6. The first-order valence-corrected chi connectivity index (χ1v) is 4.22. The molecule has 1 saturated heterocycles. The van der Waals surface area contributed by atoms with Gasteiger partial charge in [0.2, 0.25) is 0 Å². The third kappa shape index (κ3) is 1.95. The second-order valence-corrected chi connectivity index (χ2v) is 3.12. The molecule has 4 atom stereocenters. The van der Waals surface area contributed by atoms with Crippen LogP contribution in [0.5, 0.6) is 0 Å². The average molecular weight is 175 g/mol. The standard InChI is InChI=1S/C8H17NO3/c1-5-8(9-2)6(10)4-7(11-3)12-5/h5-10H,4H2,1-3H3/t5-,6-,7+,8+/m0/s1. The van der Waals surface area contributed by atoms with E-state index in [1.807, 2.05) is 14.0 Å². The molecule has 4 nitrogen and oxygen atoms in total. The minimum Gasteiger partial charge on any atom is -0.391 e. The number of ether oxygens (including phenoxy) is 2. The lowest BCUT2D eigenvalue weighted by Gasteiger charge is -2.37. The van der Waals surface area contributed by atoms with Gasteiger partial charge in [0, 0.05) is 13.5 Å². The normalized spacial score (nSPS) is 43.0. The predicted molar refractivity (Wildman–Crippen MR) is 44.8 cm³/mol. The molecule has 72 valence electrons. The average Bonchev–Trinajstić information content (AvgIpc) is 2.03. The topological polar surface area (TPSA) is 50.7 Å². The molecule has 1 fully saturated rings. The summed E-state index contributed by atoms with van der Waals surface area (Å²) in [6.07, 6.45) is -0.126. The highest BCUT2D eigenvalue weighted by atomic mass is 16.7. The van der Waals surface area contributed by atoms with Crippen molar-refractivity contribution in [1.82, 2.24) is 5.32 Å². The molecule has 1 aliphatic rings. The van der Waals surface area contributed by atoms with E-state index >= 15 is 0 Å². The summed E-state index contributed by atoms with van der Waals surface area (Å²) in [6.45, 7) is 1.93. The van der Waals surface area contributed by atoms with Crippen LogP contribution in [0.2, 0.25) is 0 Å². The highest BCUT2D eigenvalue weighted by Gasteiger charge is 2.34. The molecule has 0 aromatic rings. The molecule has 2 N–H and O–H groups in total. The molecule has 0 amide bonds. The Labute approximate surface area is 72.9 Å². The van der Waals surface area contributed by atoms with Crippen LogP contribution in [0, 0.1) is 0 Å². The molecule has 12 heavy (non-hydrogen) atoms. The number of hydrogen-bond acceptors (Lipinski definition) is 4. The maximum atomic E-state index is 9.62. The monoisotopic (exact) mass is 175 g/mol. The minimum absolute atomic E-state index is 0.0105. The van der Waals surface area contributed by atoms with E-state index in [-0.39, 0.29) is 24.5 Å². The van der Waals surface area contributed by atoms with Crippen molar-refractivity contribution in [3.05, 3.63) is 0 Å². The Morgan fingerprint density at radius 2 is 2.25 bits per heavy atom. The number of hydrogen-bond donors (Lipinski definition) is 2. The van der Waals surface area contributed by atoms with Crippen LogP contribution in [-0.4, -0.2) is 43.8 Å². The van der Waals surface area contributed by atoms with Crippen LogP contribution in [0.4, 0.5) is 0 Å². The number of methoxy groups -OCH3 is 1. The maximum Gasteiger partial charge on any atom is 0.160 e. The van der Waals surface area contributed by atoms with E-state index in [2.05, 4.69) is 5.32 Å². The largest absolute Gasteiger partial charge is 0.391 e. The van der Waals surface area contributed by atoms with Gasteiger partial charge < -0.3 is 19.9 Å². The first-order valence-electron chi connectivity index (χ1n) is 4.22. The van der Waals surface area contributed by atoms with Crippen LogP contribution >= 0.6 is 0 Å². The van der Waals surface area contributed by atoms with Gasteiger partial charge in [0.1, 0.15) is 0 Å². The predicted octanol–water partition coefficient (Wildman–Crippen LogP) is -0.283. The van der Waals surface area contributed by atoms with E-state index in [1.165, 1.54) is 0 Å². The summed E-state index contributed by atoms with van der Waals surface area (Å²) < 4.78 is 10.5. The summed E-state index contributed by atoms with van der Waals surface area (Å²) in [7, 11) is 3.41. The summed E-state index contributed by atoms with van der Waals surface area (Å²) in [6, 6.07) is 0.0106. The number of aliphatic hydroxyl groups is 1. The second-order valence-electron chi connectivity index (χ2n) is 3.12. The van der Waals surface area contributed by atoms with Crippen LogP contribution in [0.1, 0.15) is 13.3 Å². The van der Waals surface area contributed by atoms with Gasteiger partial charge in [0.05, 0.1) is 18.2 Å². The molecule has 0 radical (unpaired) electrons. The Bertz CT molecular complexity index is 130. The third-order valence-corrected chi connectivity index (χ3v) is 2.32. The van der Waals surface area contributed by atoms with Crippen molar-refractivity contribution in [2.45, 2.75) is 37.9 Å². The van der Waals surface area contributed by atoms with Gasteiger partial charge in [-0.15, -0.1) is 0 Å². The van der Waals surface area contributed by atoms with Crippen LogP contribution < -0.4 is 5.32 Å². The molecule has 0 aromatic heterocycles. The smallest absolute Gasteiger partial charge is 0.160 e. The van der Waals surface area contributed by atoms with Gasteiger partial charge in [-0.05, 0) is 14.0 Å². The van der Waals surface area contributed by atoms with Crippen molar-refractivity contribution in [1.29, 1.82) is 0 Å². The van der Waals surface area contributed by atoms with E-state index in [0.717, 1.165) is 0 Å². The molecular formula is C8H17NO3. The fourth-order valence-corrected chi connectivity index (χ4v) is 1.62. The number of likely N-dealkylation sites (N-methyl/N-ethyl adjacent to an activating group) is 1. The van der Waals surface area contributed by atoms with E-state index in [9.17, 15) is 5.11 Å². The van der Waals surface area contributed by atoms with Gasteiger partial charge in [0.15, 0.2) is 6.29 Å². The zero-order valence-electron chi connectivity index (χ0n) is 7.78. The summed E-state index contributed by atoms with van der Waals surface area (Å²) in [5.74, 6) is 0. The van der Waals surface area contributed by atoms with Crippen molar-refractivity contribution < 1.29 is 14.6 Å². The molecule has 1 aliphatic heterocycles. The number of rotatable bonds is 2. The van der Waals surface area contributed by atoms with Crippen LogP contribution in [0.3, 0.4) is 0 Å².